The predicted octanol–water partition coefficient (Wildman–Crippen LogP) is 5.10. The van der Waals surface area contributed by atoms with E-state index in [0.29, 0.717) is 30.8 Å². The fourth-order valence-electron chi connectivity index (χ4n) is 4.13. The summed E-state index contributed by atoms with van der Waals surface area (Å²) in [7, 11) is 0. The number of carboxylic acids is 1. The monoisotopic (exact) mass is 417 g/mol. The molecule has 1 aromatic carbocycles. The summed E-state index contributed by atoms with van der Waals surface area (Å²) >= 11 is 0. The predicted molar refractivity (Wildman–Crippen MR) is 108 cm³/mol. The van der Waals surface area contributed by atoms with Crippen LogP contribution >= 0.6 is 0 Å². The zero-order valence-electron chi connectivity index (χ0n) is 16.7. The van der Waals surface area contributed by atoms with Crippen LogP contribution in [0, 0.1) is 5.92 Å². The molecule has 2 heterocycles. The number of halogens is 3. The molecule has 0 aromatic heterocycles. The summed E-state index contributed by atoms with van der Waals surface area (Å²) in [6.07, 6.45) is -0.916. The number of ether oxygens (including phenoxy) is 1. The average Bonchev–Trinajstić information content (AvgIpc) is 2.65. The van der Waals surface area contributed by atoms with Crippen LogP contribution in [0.15, 0.2) is 65.0 Å². The fourth-order valence-corrected chi connectivity index (χ4v) is 4.13. The van der Waals surface area contributed by atoms with Gasteiger partial charge in [0.25, 0.3) is 0 Å². The first-order valence-corrected chi connectivity index (χ1v) is 9.85. The van der Waals surface area contributed by atoms with Crippen molar-refractivity contribution in [3.8, 4) is 0 Å². The molecule has 4 rings (SSSR count). The first-order valence-electron chi connectivity index (χ1n) is 9.85. The highest BCUT2D eigenvalue weighted by Crippen LogP contribution is 2.43. The van der Waals surface area contributed by atoms with Gasteiger partial charge in [0, 0.05) is 30.8 Å². The first kappa shape index (κ1) is 20.3. The number of hydrogen-bond acceptors (Lipinski definition) is 3. The Labute approximate surface area is 172 Å². The summed E-state index contributed by atoms with van der Waals surface area (Å²) in [5, 5.41) is 9.11. The van der Waals surface area contributed by atoms with Crippen LogP contribution in [-0.2, 0) is 9.53 Å². The lowest BCUT2D eigenvalue weighted by molar-refractivity contribution is -0.142. The van der Waals surface area contributed by atoms with Gasteiger partial charge in [-0.25, -0.2) is 0 Å². The maximum absolute atomic E-state index is 13.2. The summed E-state index contributed by atoms with van der Waals surface area (Å²) < 4.78 is 45.5. The number of benzene rings is 1. The van der Waals surface area contributed by atoms with E-state index in [0.717, 1.165) is 34.5 Å². The molecule has 1 saturated heterocycles. The molecule has 1 fully saturated rings. The molecule has 30 heavy (non-hydrogen) atoms. The normalized spacial score (nSPS) is 21.8. The van der Waals surface area contributed by atoms with E-state index in [4.69, 9.17) is 9.84 Å². The van der Waals surface area contributed by atoms with E-state index in [1.54, 1.807) is 0 Å². The van der Waals surface area contributed by atoms with Crippen LogP contribution < -0.4 is 4.90 Å². The molecule has 7 heteroatoms. The van der Waals surface area contributed by atoms with Crippen LogP contribution in [0.1, 0.15) is 25.8 Å². The topological polar surface area (TPSA) is 49.8 Å². The number of allylic oxidation sites excluding steroid dienone is 5. The maximum Gasteiger partial charge on any atom is 0.416 e. The van der Waals surface area contributed by atoms with Crippen molar-refractivity contribution in [2.45, 2.75) is 32.5 Å². The van der Waals surface area contributed by atoms with Gasteiger partial charge >= 0.3 is 12.1 Å². The molecule has 1 aliphatic carbocycles. The number of carbonyl (C=O) groups is 1. The van der Waals surface area contributed by atoms with Crippen LogP contribution in [0.2, 0.25) is 0 Å². The molecule has 1 atom stereocenters. The van der Waals surface area contributed by atoms with Gasteiger partial charge < -0.3 is 14.7 Å². The van der Waals surface area contributed by atoms with Gasteiger partial charge in [0.05, 0.1) is 11.5 Å². The highest BCUT2D eigenvalue weighted by Gasteiger charge is 2.37. The first-order chi connectivity index (χ1) is 14.2. The van der Waals surface area contributed by atoms with E-state index in [-0.39, 0.29) is 5.92 Å². The lowest BCUT2D eigenvalue weighted by Gasteiger charge is -2.39. The zero-order valence-corrected chi connectivity index (χ0v) is 16.7. The molecule has 0 saturated carbocycles. The van der Waals surface area contributed by atoms with E-state index in [1.807, 2.05) is 43.0 Å². The Morgan fingerprint density at radius 2 is 2.00 bits per heavy atom. The Hall–Kier alpha value is -2.96. The number of rotatable bonds is 4. The van der Waals surface area contributed by atoms with Gasteiger partial charge in [-0.2, -0.15) is 13.2 Å². The lowest BCUT2D eigenvalue weighted by atomic mass is 9.84. The maximum atomic E-state index is 13.2. The summed E-state index contributed by atoms with van der Waals surface area (Å²) in [4.78, 5) is 13.1. The van der Waals surface area contributed by atoms with Crippen LogP contribution in [-0.4, -0.2) is 36.4 Å². The Bertz CT molecular complexity index is 1010. The SMILES string of the molecule is CCC1=C(C)C(c2cccc(N3CC(C(=O)O)C3)c2)=C2C=CC(C(F)(F)F)=CC2O1. The van der Waals surface area contributed by atoms with Crippen LogP contribution in [0.25, 0.3) is 5.57 Å². The molecule has 1 aromatic rings. The smallest absolute Gasteiger partial charge is 0.416 e. The van der Waals surface area contributed by atoms with Crippen molar-refractivity contribution < 1.29 is 27.8 Å². The van der Waals surface area contributed by atoms with Gasteiger partial charge in [-0.05, 0) is 47.9 Å². The fraction of sp³-hybridized carbons (Fsp3) is 0.348. The number of nitrogens with zero attached hydrogens (tertiary/aromatic N) is 1. The van der Waals surface area contributed by atoms with Crippen molar-refractivity contribution in [1.29, 1.82) is 0 Å². The molecule has 4 nitrogen and oxygen atoms in total. The molecule has 0 bridgehead atoms. The van der Waals surface area contributed by atoms with E-state index in [9.17, 15) is 18.0 Å². The van der Waals surface area contributed by atoms with Crippen molar-refractivity contribution in [1.82, 2.24) is 0 Å². The van der Waals surface area contributed by atoms with Crippen LogP contribution in [0.5, 0.6) is 0 Å². The van der Waals surface area contributed by atoms with E-state index in [2.05, 4.69) is 0 Å². The molecule has 1 N–H and O–H groups in total. The quantitative estimate of drug-likeness (QED) is 0.740. The Morgan fingerprint density at radius 1 is 1.27 bits per heavy atom. The molecular weight excluding hydrogens is 395 g/mol. The van der Waals surface area contributed by atoms with Crippen molar-refractivity contribution in [2.75, 3.05) is 18.0 Å². The number of alkyl halides is 3. The molecule has 1 unspecified atom stereocenters. The van der Waals surface area contributed by atoms with Crippen LogP contribution in [0.3, 0.4) is 0 Å². The Kier molecular flexibility index (Phi) is 5.00. The lowest BCUT2D eigenvalue weighted by Crippen LogP contribution is -2.50. The Morgan fingerprint density at radius 3 is 2.63 bits per heavy atom. The zero-order chi connectivity index (χ0) is 21.6. The van der Waals surface area contributed by atoms with Crippen molar-refractivity contribution in [2.24, 2.45) is 5.92 Å². The Balaban J connectivity index is 1.73. The molecule has 3 aliphatic rings. The van der Waals surface area contributed by atoms with Crippen LogP contribution in [0.4, 0.5) is 18.9 Å². The third-order valence-electron chi connectivity index (χ3n) is 5.81. The van der Waals surface area contributed by atoms with Gasteiger partial charge in [-0.1, -0.05) is 25.1 Å². The van der Waals surface area contributed by atoms with Crippen molar-refractivity contribution >= 4 is 17.2 Å². The van der Waals surface area contributed by atoms with Gasteiger partial charge in [-0.3, -0.25) is 4.79 Å². The third kappa shape index (κ3) is 3.53. The number of hydrogen-bond donors (Lipinski definition) is 1. The average molecular weight is 417 g/mol. The number of aliphatic carboxylic acids is 1. The standard InChI is InChI=1S/C23H22F3NO3/c1-3-19-13(2)21(18-8-7-16(23(24,25)26)10-20(18)30-19)14-5-4-6-17(9-14)27-11-15(12-27)22(28)29/h4-10,15,20H,3,11-12H2,1-2H3,(H,28,29). The van der Waals surface area contributed by atoms with E-state index in [1.165, 1.54) is 6.08 Å². The molecule has 158 valence electrons. The van der Waals surface area contributed by atoms with E-state index >= 15 is 0 Å². The van der Waals surface area contributed by atoms with Gasteiger partial charge in [0.1, 0.15) is 11.9 Å². The summed E-state index contributed by atoms with van der Waals surface area (Å²) in [5.41, 5.74) is 3.54. The molecule has 0 radical (unpaired) electrons. The summed E-state index contributed by atoms with van der Waals surface area (Å²) in [6.45, 7) is 4.73. The number of anilines is 1. The second-order valence-corrected chi connectivity index (χ2v) is 7.71. The largest absolute Gasteiger partial charge is 0.486 e. The highest BCUT2D eigenvalue weighted by atomic mass is 19.4. The minimum Gasteiger partial charge on any atom is -0.486 e. The third-order valence-corrected chi connectivity index (χ3v) is 5.81. The van der Waals surface area contributed by atoms with Crippen molar-refractivity contribution in [3.63, 3.8) is 0 Å². The van der Waals surface area contributed by atoms with Gasteiger partial charge in [0.15, 0.2) is 0 Å². The van der Waals surface area contributed by atoms with Gasteiger partial charge in [-0.15, -0.1) is 0 Å². The summed E-state index contributed by atoms with van der Waals surface area (Å²) in [5.74, 6) is -0.499. The molecular formula is C23H22F3NO3. The van der Waals surface area contributed by atoms with Crippen molar-refractivity contribution in [3.05, 3.63) is 70.5 Å². The minimum absolute atomic E-state index is 0.372. The summed E-state index contributed by atoms with van der Waals surface area (Å²) in [6, 6.07) is 7.70. The number of carboxylic acid groups (broad SMARTS) is 1. The molecule has 2 aliphatic heterocycles. The number of fused-ring (bicyclic) bond motifs is 1. The van der Waals surface area contributed by atoms with Gasteiger partial charge in [0.2, 0.25) is 0 Å². The second-order valence-electron chi connectivity index (χ2n) is 7.71. The van der Waals surface area contributed by atoms with E-state index < -0.39 is 23.8 Å². The molecule has 0 amide bonds. The minimum atomic E-state index is -4.42. The second kappa shape index (κ2) is 7.38. The molecule has 0 spiro atoms. The highest BCUT2D eigenvalue weighted by molar-refractivity contribution is 5.87.